The predicted octanol–water partition coefficient (Wildman–Crippen LogP) is 1.85. The van der Waals surface area contributed by atoms with E-state index in [1.165, 1.54) is 18.4 Å². The van der Waals surface area contributed by atoms with Crippen LogP contribution in [0.25, 0.3) is 0 Å². The van der Waals surface area contributed by atoms with E-state index < -0.39 is 16.0 Å². The van der Waals surface area contributed by atoms with E-state index in [0.717, 1.165) is 18.6 Å². The highest BCUT2D eigenvalue weighted by molar-refractivity contribution is 8.00. The molecule has 8 heteroatoms. The van der Waals surface area contributed by atoms with Crippen LogP contribution in [-0.2, 0) is 20.5 Å². The van der Waals surface area contributed by atoms with Gasteiger partial charge in [-0.2, -0.15) is 11.8 Å². The second-order valence-corrected chi connectivity index (χ2v) is 8.64. The average Bonchev–Trinajstić information content (AvgIpc) is 3.06. The molecule has 1 unspecified atom stereocenters. The molecule has 0 aromatic carbocycles. The van der Waals surface area contributed by atoms with Crippen LogP contribution in [0.2, 0.25) is 0 Å². The van der Waals surface area contributed by atoms with E-state index in [-0.39, 0.29) is 5.75 Å². The average molecular weight is 335 g/mol. The van der Waals surface area contributed by atoms with E-state index in [4.69, 9.17) is 0 Å². The van der Waals surface area contributed by atoms with Gasteiger partial charge >= 0.3 is 5.97 Å². The van der Waals surface area contributed by atoms with Crippen LogP contribution < -0.4 is 4.72 Å². The fourth-order valence-corrected chi connectivity index (χ4v) is 5.45. The number of carbonyl (C=O) groups is 1. The van der Waals surface area contributed by atoms with Crippen molar-refractivity contribution in [1.29, 1.82) is 0 Å². The molecule has 1 aliphatic rings. The Morgan fingerprint density at radius 3 is 3.00 bits per heavy atom. The molecule has 0 bridgehead atoms. The number of hydrogen-bond acceptors (Lipinski definition) is 6. The number of carbonyl (C=O) groups excluding carboxylic acids is 1. The van der Waals surface area contributed by atoms with Gasteiger partial charge in [-0.25, -0.2) is 17.9 Å². The van der Waals surface area contributed by atoms with Crippen LogP contribution in [0.15, 0.2) is 11.4 Å². The molecule has 0 radical (unpaired) electrons. The molecule has 5 nitrogen and oxygen atoms in total. The smallest absolute Gasteiger partial charge is 0.348 e. The lowest BCUT2D eigenvalue weighted by atomic mass is 10.2. The van der Waals surface area contributed by atoms with Crippen LogP contribution >= 0.6 is 23.1 Å². The number of nitrogens with one attached hydrogen (secondary N) is 1. The minimum Gasteiger partial charge on any atom is -0.465 e. The van der Waals surface area contributed by atoms with E-state index in [1.807, 2.05) is 0 Å². The highest BCUT2D eigenvalue weighted by Crippen LogP contribution is 2.25. The van der Waals surface area contributed by atoms with Gasteiger partial charge in [0.05, 0.1) is 12.9 Å². The van der Waals surface area contributed by atoms with Crippen molar-refractivity contribution < 1.29 is 17.9 Å². The summed E-state index contributed by atoms with van der Waals surface area (Å²) in [5.74, 6) is 0.429. The van der Waals surface area contributed by atoms with Gasteiger partial charge in [0.1, 0.15) is 4.88 Å². The number of methoxy groups -OCH3 is 1. The maximum atomic E-state index is 12.0. The van der Waals surface area contributed by atoms with Gasteiger partial charge in [-0.1, -0.05) is 0 Å². The summed E-state index contributed by atoms with van der Waals surface area (Å²) in [5, 5.41) is 2.07. The number of esters is 1. The molecule has 0 spiro atoms. The first-order valence-corrected chi connectivity index (χ1v) is 9.83. The van der Waals surface area contributed by atoms with Gasteiger partial charge < -0.3 is 4.74 Å². The number of rotatable bonds is 6. The molecular weight excluding hydrogens is 318 g/mol. The number of hydrogen-bond donors (Lipinski definition) is 1. The summed E-state index contributed by atoms with van der Waals surface area (Å²) in [6, 6.07) is 1.65. The van der Waals surface area contributed by atoms with Crippen LogP contribution in [0, 0.1) is 0 Å². The summed E-state index contributed by atoms with van der Waals surface area (Å²) < 4.78 is 31.4. The van der Waals surface area contributed by atoms with E-state index >= 15 is 0 Å². The Kier molecular flexibility index (Phi) is 5.48. The molecule has 1 aliphatic heterocycles. The Hall–Kier alpha value is -0.570. The molecule has 112 valence electrons. The normalized spacial score (nSPS) is 19.1. The quantitative estimate of drug-likeness (QED) is 0.803. The Bertz CT molecular complexity index is 561. The number of thiophene rings is 1. The number of sulfonamides is 1. The molecule has 0 aliphatic carbocycles. The van der Waals surface area contributed by atoms with Gasteiger partial charge in [-0.05, 0) is 35.6 Å². The van der Waals surface area contributed by atoms with Gasteiger partial charge in [0.2, 0.25) is 10.0 Å². The Morgan fingerprint density at radius 2 is 2.35 bits per heavy atom. The number of thioether (sulfide) groups is 1. The van der Waals surface area contributed by atoms with Gasteiger partial charge in [0, 0.05) is 11.8 Å². The largest absolute Gasteiger partial charge is 0.465 e. The Morgan fingerprint density at radius 1 is 1.55 bits per heavy atom. The molecule has 2 rings (SSSR count). The maximum absolute atomic E-state index is 12.0. The van der Waals surface area contributed by atoms with Gasteiger partial charge in [-0.3, -0.25) is 0 Å². The zero-order valence-electron chi connectivity index (χ0n) is 11.1. The van der Waals surface area contributed by atoms with E-state index in [2.05, 4.69) is 9.46 Å². The lowest BCUT2D eigenvalue weighted by Gasteiger charge is -2.10. The van der Waals surface area contributed by atoms with Crippen molar-refractivity contribution >= 4 is 39.1 Å². The lowest BCUT2D eigenvalue weighted by Crippen LogP contribution is -2.31. The number of ether oxygens (including phenoxy) is 1. The van der Waals surface area contributed by atoms with Gasteiger partial charge in [0.15, 0.2) is 0 Å². The highest BCUT2D eigenvalue weighted by Gasteiger charge is 2.22. The van der Waals surface area contributed by atoms with E-state index in [9.17, 15) is 13.2 Å². The fourth-order valence-electron chi connectivity index (χ4n) is 2.00. The summed E-state index contributed by atoms with van der Waals surface area (Å²) in [6.07, 6.45) is 2.20. The third-order valence-corrected chi connectivity index (χ3v) is 6.65. The minimum absolute atomic E-state index is 0.182. The second kappa shape index (κ2) is 6.93. The molecule has 1 aromatic heterocycles. The molecule has 2 heterocycles. The summed E-state index contributed by atoms with van der Waals surface area (Å²) in [4.78, 5) is 11.9. The third kappa shape index (κ3) is 4.21. The SMILES string of the molecule is COC(=O)c1sccc1CS(=O)(=O)NCC1CCCS1. The van der Waals surface area contributed by atoms with Gasteiger partial charge in [0.25, 0.3) is 0 Å². The molecule has 1 atom stereocenters. The van der Waals surface area contributed by atoms with Crippen LogP contribution in [0.3, 0.4) is 0 Å². The topological polar surface area (TPSA) is 72.5 Å². The third-order valence-electron chi connectivity index (χ3n) is 3.02. The van der Waals surface area contributed by atoms with Crippen molar-refractivity contribution in [2.75, 3.05) is 19.4 Å². The summed E-state index contributed by atoms with van der Waals surface area (Å²) in [5.41, 5.74) is 0.494. The Balaban J connectivity index is 1.97. The van der Waals surface area contributed by atoms with E-state index in [1.54, 1.807) is 23.2 Å². The van der Waals surface area contributed by atoms with Crippen molar-refractivity contribution in [2.24, 2.45) is 0 Å². The minimum atomic E-state index is -3.42. The van der Waals surface area contributed by atoms with Crippen molar-refractivity contribution in [1.82, 2.24) is 4.72 Å². The van der Waals surface area contributed by atoms with Crippen LogP contribution in [0.1, 0.15) is 28.1 Å². The zero-order chi connectivity index (χ0) is 14.6. The maximum Gasteiger partial charge on any atom is 0.348 e. The Labute approximate surface area is 127 Å². The lowest BCUT2D eigenvalue weighted by molar-refractivity contribution is 0.0605. The molecule has 0 amide bonds. The molecule has 20 heavy (non-hydrogen) atoms. The molecule has 1 fully saturated rings. The first kappa shape index (κ1) is 15.8. The van der Waals surface area contributed by atoms with Crippen molar-refractivity contribution in [2.45, 2.75) is 23.8 Å². The summed E-state index contributed by atoms with van der Waals surface area (Å²) in [7, 11) is -2.13. The second-order valence-electron chi connectivity index (χ2n) is 4.51. The molecular formula is C12H17NO4S3. The molecule has 1 aromatic rings. The molecule has 0 saturated carbocycles. The van der Waals surface area contributed by atoms with Crippen molar-refractivity contribution in [3.63, 3.8) is 0 Å². The molecule has 1 saturated heterocycles. The standard InChI is InChI=1S/C12H17NO4S3/c1-17-12(14)11-9(4-6-19-11)8-20(15,16)13-7-10-3-2-5-18-10/h4,6,10,13H,2-3,5,7-8H2,1H3. The molecule has 1 N–H and O–H groups in total. The summed E-state index contributed by atoms with van der Waals surface area (Å²) >= 11 is 3.00. The first-order chi connectivity index (χ1) is 9.52. The first-order valence-electron chi connectivity index (χ1n) is 6.25. The van der Waals surface area contributed by atoms with Crippen LogP contribution in [0.4, 0.5) is 0 Å². The van der Waals surface area contributed by atoms with Crippen molar-refractivity contribution in [3.05, 3.63) is 21.9 Å². The van der Waals surface area contributed by atoms with Gasteiger partial charge in [-0.15, -0.1) is 11.3 Å². The van der Waals surface area contributed by atoms with Crippen molar-refractivity contribution in [3.8, 4) is 0 Å². The fraction of sp³-hybridized carbons (Fsp3) is 0.583. The van der Waals surface area contributed by atoms with Crippen LogP contribution in [-0.4, -0.2) is 39.0 Å². The highest BCUT2D eigenvalue weighted by atomic mass is 32.2. The zero-order valence-corrected chi connectivity index (χ0v) is 13.6. The monoisotopic (exact) mass is 335 g/mol. The van der Waals surface area contributed by atoms with E-state index in [0.29, 0.717) is 22.2 Å². The predicted molar refractivity (Wildman–Crippen MR) is 81.8 cm³/mol. The van der Waals surface area contributed by atoms with Crippen LogP contribution in [0.5, 0.6) is 0 Å². The summed E-state index contributed by atoms with van der Waals surface area (Å²) in [6.45, 7) is 0.463.